The van der Waals surface area contributed by atoms with E-state index in [2.05, 4.69) is 29.4 Å². The fourth-order valence-electron chi connectivity index (χ4n) is 2.72. The fraction of sp³-hybridized carbons (Fsp3) is 0.474. The van der Waals surface area contributed by atoms with Gasteiger partial charge in [0.2, 0.25) is 0 Å². The molecule has 7 nitrogen and oxygen atoms in total. The van der Waals surface area contributed by atoms with Crippen molar-refractivity contribution in [2.75, 3.05) is 13.2 Å². The van der Waals surface area contributed by atoms with Gasteiger partial charge in [-0.3, -0.25) is 9.59 Å². The summed E-state index contributed by atoms with van der Waals surface area (Å²) in [6.45, 7) is 4.43. The van der Waals surface area contributed by atoms with Crippen molar-refractivity contribution in [1.82, 2.24) is 15.5 Å². The lowest BCUT2D eigenvalue weighted by atomic mass is 9.99. The van der Waals surface area contributed by atoms with Gasteiger partial charge < -0.3 is 10.1 Å². The molecule has 0 fully saturated rings. The average Bonchev–Trinajstić information content (AvgIpc) is 2.66. The van der Waals surface area contributed by atoms with Gasteiger partial charge in [-0.1, -0.05) is 51.3 Å². The van der Waals surface area contributed by atoms with Crippen LogP contribution in [0.4, 0.5) is 0 Å². The number of carbonyl (C=O) groups is 2. The molecule has 1 aromatic heterocycles. The lowest BCUT2D eigenvalue weighted by Crippen LogP contribution is -2.33. The maximum Gasteiger partial charge on any atom is 0.359 e. The van der Waals surface area contributed by atoms with Crippen molar-refractivity contribution in [2.24, 2.45) is 5.92 Å². The second-order valence-electron chi connectivity index (χ2n) is 6.24. The summed E-state index contributed by atoms with van der Waals surface area (Å²) in [6.07, 6.45) is 4.32. The topological polar surface area (TPSA) is 101 Å². The first kappa shape index (κ1) is 19.6. The van der Waals surface area contributed by atoms with Crippen LogP contribution in [-0.4, -0.2) is 35.2 Å². The largest absolute Gasteiger partial charge is 0.451 e. The summed E-state index contributed by atoms with van der Waals surface area (Å²) < 4.78 is 5.05. The standard InChI is InChI=1S/C19H25N3O4/c1-3-5-8-13(4-2)11-20-16(23)12-26-19(25)17-14-9-6-7-10-15(14)18(24)22-21-17/h6-7,9-10,13H,3-5,8,11-12H2,1-2H3,(H,20,23)(H,22,24)/t13-/m0/s1. The lowest BCUT2D eigenvalue weighted by molar-refractivity contribution is -0.124. The first-order chi connectivity index (χ1) is 12.6. The molecule has 0 saturated carbocycles. The summed E-state index contributed by atoms with van der Waals surface area (Å²) in [7, 11) is 0. The number of unbranched alkanes of at least 4 members (excludes halogenated alkanes) is 1. The van der Waals surface area contributed by atoms with Gasteiger partial charge in [0.25, 0.3) is 11.5 Å². The zero-order valence-corrected chi connectivity index (χ0v) is 15.2. The van der Waals surface area contributed by atoms with E-state index in [0.29, 0.717) is 23.2 Å². The normalized spacial score (nSPS) is 11.9. The Bertz CT molecular complexity index is 816. The number of fused-ring (bicyclic) bond motifs is 1. The van der Waals surface area contributed by atoms with Crippen LogP contribution >= 0.6 is 0 Å². The summed E-state index contributed by atoms with van der Waals surface area (Å²) in [5.74, 6) is -0.660. The van der Waals surface area contributed by atoms with Gasteiger partial charge in [0, 0.05) is 11.9 Å². The maximum atomic E-state index is 12.2. The zero-order chi connectivity index (χ0) is 18.9. The molecule has 1 amide bonds. The maximum absolute atomic E-state index is 12.2. The molecule has 1 atom stereocenters. The molecule has 1 heterocycles. The molecule has 2 aromatic rings. The lowest BCUT2D eigenvalue weighted by Gasteiger charge is -2.15. The van der Waals surface area contributed by atoms with Gasteiger partial charge in [-0.05, 0) is 18.4 Å². The Balaban J connectivity index is 1.92. The van der Waals surface area contributed by atoms with Gasteiger partial charge >= 0.3 is 5.97 Å². The van der Waals surface area contributed by atoms with E-state index >= 15 is 0 Å². The van der Waals surface area contributed by atoms with Crippen molar-refractivity contribution < 1.29 is 14.3 Å². The van der Waals surface area contributed by atoms with E-state index in [0.717, 1.165) is 25.7 Å². The number of benzene rings is 1. The monoisotopic (exact) mass is 359 g/mol. The van der Waals surface area contributed by atoms with Crippen LogP contribution in [0.1, 0.15) is 50.0 Å². The number of nitrogens with zero attached hydrogens (tertiary/aromatic N) is 1. The van der Waals surface area contributed by atoms with Gasteiger partial charge in [0.15, 0.2) is 12.3 Å². The molecule has 26 heavy (non-hydrogen) atoms. The molecule has 0 radical (unpaired) electrons. The first-order valence-electron chi connectivity index (χ1n) is 8.98. The van der Waals surface area contributed by atoms with E-state index in [1.54, 1.807) is 24.3 Å². The first-order valence-corrected chi connectivity index (χ1v) is 8.98. The van der Waals surface area contributed by atoms with Gasteiger partial charge in [-0.15, -0.1) is 0 Å². The number of H-pyrrole nitrogens is 1. The van der Waals surface area contributed by atoms with E-state index in [4.69, 9.17) is 4.74 Å². The number of aromatic nitrogens is 2. The van der Waals surface area contributed by atoms with Crippen LogP contribution in [0, 0.1) is 5.92 Å². The third-order valence-electron chi connectivity index (χ3n) is 4.35. The number of hydrogen-bond acceptors (Lipinski definition) is 5. The van der Waals surface area contributed by atoms with Crippen LogP contribution in [0.3, 0.4) is 0 Å². The average molecular weight is 359 g/mol. The summed E-state index contributed by atoms with van der Waals surface area (Å²) in [5.41, 5.74) is -0.394. The predicted molar refractivity (Wildman–Crippen MR) is 99.0 cm³/mol. The van der Waals surface area contributed by atoms with Crippen molar-refractivity contribution in [1.29, 1.82) is 0 Å². The molecular formula is C19H25N3O4. The number of rotatable bonds is 9. The van der Waals surface area contributed by atoms with Gasteiger partial charge in [0.1, 0.15) is 0 Å². The Morgan fingerprint density at radius 1 is 1.23 bits per heavy atom. The Kier molecular flexibility index (Phi) is 7.32. The number of amides is 1. The van der Waals surface area contributed by atoms with Crippen molar-refractivity contribution >= 4 is 22.6 Å². The van der Waals surface area contributed by atoms with Crippen molar-refractivity contribution in [3.63, 3.8) is 0 Å². The minimum absolute atomic E-state index is 0.0117. The van der Waals surface area contributed by atoms with E-state index in [1.807, 2.05) is 0 Å². The highest BCUT2D eigenvalue weighted by Gasteiger charge is 2.17. The Hall–Kier alpha value is -2.70. The van der Waals surface area contributed by atoms with E-state index in [-0.39, 0.29) is 23.8 Å². The van der Waals surface area contributed by atoms with Crippen molar-refractivity contribution in [3.8, 4) is 0 Å². The Labute approximate surface area is 152 Å². The van der Waals surface area contributed by atoms with E-state index < -0.39 is 5.97 Å². The molecule has 2 N–H and O–H groups in total. The molecule has 1 aromatic carbocycles. The number of hydrogen-bond donors (Lipinski definition) is 2. The second kappa shape index (κ2) is 9.70. The summed E-state index contributed by atoms with van der Waals surface area (Å²) in [5, 5.41) is 9.58. The molecule has 7 heteroatoms. The molecule has 0 saturated heterocycles. The van der Waals surface area contributed by atoms with Gasteiger partial charge in [-0.25, -0.2) is 9.89 Å². The minimum Gasteiger partial charge on any atom is -0.451 e. The molecule has 0 aliphatic rings. The Morgan fingerprint density at radius 2 is 1.96 bits per heavy atom. The number of esters is 1. The smallest absolute Gasteiger partial charge is 0.359 e. The molecule has 140 valence electrons. The number of aromatic amines is 1. The van der Waals surface area contributed by atoms with Gasteiger partial charge in [0.05, 0.1) is 5.39 Å². The highest BCUT2D eigenvalue weighted by atomic mass is 16.5. The van der Waals surface area contributed by atoms with Crippen LogP contribution in [0.15, 0.2) is 29.1 Å². The Morgan fingerprint density at radius 3 is 2.65 bits per heavy atom. The van der Waals surface area contributed by atoms with Crippen molar-refractivity contribution in [3.05, 3.63) is 40.3 Å². The summed E-state index contributed by atoms with van der Waals surface area (Å²) in [4.78, 5) is 35.9. The zero-order valence-electron chi connectivity index (χ0n) is 15.2. The molecule has 0 aliphatic carbocycles. The third-order valence-corrected chi connectivity index (χ3v) is 4.35. The van der Waals surface area contributed by atoms with Crippen LogP contribution in [0.5, 0.6) is 0 Å². The molecule has 0 spiro atoms. The van der Waals surface area contributed by atoms with Crippen LogP contribution in [0.2, 0.25) is 0 Å². The van der Waals surface area contributed by atoms with Crippen molar-refractivity contribution in [2.45, 2.75) is 39.5 Å². The molecule has 0 aliphatic heterocycles. The minimum atomic E-state index is -0.745. The number of ether oxygens (including phenoxy) is 1. The van der Waals surface area contributed by atoms with Gasteiger partial charge in [-0.2, -0.15) is 5.10 Å². The van der Waals surface area contributed by atoms with Crippen LogP contribution in [0.25, 0.3) is 10.8 Å². The third kappa shape index (κ3) is 5.15. The SMILES string of the molecule is CCCC[C@H](CC)CNC(=O)COC(=O)c1n[nH]c(=O)c2ccccc12. The highest BCUT2D eigenvalue weighted by molar-refractivity contribution is 6.02. The summed E-state index contributed by atoms with van der Waals surface area (Å²) >= 11 is 0. The predicted octanol–water partition coefficient (Wildman–Crippen LogP) is 2.41. The molecule has 0 bridgehead atoms. The second-order valence-corrected chi connectivity index (χ2v) is 6.24. The van der Waals surface area contributed by atoms with Crippen LogP contribution in [-0.2, 0) is 9.53 Å². The molecular weight excluding hydrogens is 334 g/mol. The summed E-state index contributed by atoms with van der Waals surface area (Å²) in [6, 6.07) is 6.62. The van der Waals surface area contributed by atoms with E-state index in [1.165, 1.54) is 0 Å². The molecule has 0 unspecified atom stereocenters. The number of carbonyl (C=O) groups excluding carboxylic acids is 2. The fourth-order valence-corrected chi connectivity index (χ4v) is 2.72. The van der Waals surface area contributed by atoms with Crippen LogP contribution < -0.4 is 10.9 Å². The number of nitrogens with one attached hydrogen (secondary N) is 2. The quantitative estimate of drug-likeness (QED) is 0.670. The highest BCUT2D eigenvalue weighted by Crippen LogP contribution is 2.13. The van der Waals surface area contributed by atoms with E-state index in [9.17, 15) is 14.4 Å². The molecule has 2 rings (SSSR count).